The molecule has 9 nitrogen and oxygen atoms in total. The average molecular weight is 482 g/mol. The molecule has 0 saturated heterocycles. The van der Waals surface area contributed by atoms with Crippen molar-refractivity contribution in [3.05, 3.63) is 34.5 Å². The molecule has 2 heterocycles. The highest BCUT2D eigenvalue weighted by molar-refractivity contribution is 7.98. The number of fused-ring (bicyclic) bond motifs is 1. The number of nitrogens with one attached hydrogen (secondary N) is 1. The van der Waals surface area contributed by atoms with E-state index in [9.17, 15) is 15.0 Å². The molecule has 2 atom stereocenters. The van der Waals surface area contributed by atoms with E-state index in [-0.39, 0.29) is 36.5 Å². The number of aryl methyl sites for hydroxylation is 1. The lowest BCUT2D eigenvalue weighted by Crippen LogP contribution is -2.30. The van der Waals surface area contributed by atoms with Crippen LogP contribution in [0, 0.1) is 19.8 Å². The fourth-order valence-electron chi connectivity index (χ4n) is 3.43. The van der Waals surface area contributed by atoms with Crippen LogP contribution in [0.1, 0.15) is 52.1 Å². The van der Waals surface area contributed by atoms with Gasteiger partial charge < -0.3 is 29.5 Å². The molecule has 32 heavy (non-hydrogen) atoms. The predicted molar refractivity (Wildman–Crippen MR) is 123 cm³/mol. The molecule has 3 rings (SSSR count). The monoisotopic (exact) mass is 481 g/mol. The number of carbonyl (C=O) groups is 1. The van der Waals surface area contributed by atoms with E-state index in [2.05, 4.69) is 15.5 Å². The maximum absolute atomic E-state index is 13.0. The Kier molecular flexibility index (Phi) is 8.32. The molecule has 0 aliphatic carbocycles. The summed E-state index contributed by atoms with van der Waals surface area (Å²) in [7, 11) is 1.48. The van der Waals surface area contributed by atoms with Crippen LogP contribution in [0.4, 0.5) is 0 Å². The summed E-state index contributed by atoms with van der Waals surface area (Å²) >= 11 is 6.96. The zero-order chi connectivity index (χ0) is 23.3. The van der Waals surface area contributed by atoms with Gasteiger partial charge in [0.25, 0.3) is 0 Å². The number of carbonyl (C=O) groups excluding carboxylic acids is 1. The Labute approximate surface area is 195 Å². The van der Waals surface area contributed by atoms with Crippen molar-refractivity contribution < 1.29 is 29.0 Å². The SMILES string of the molecule is COc1cc(O)c2c(c1C)C(=O)OC[C@H](CO)CCC(=S)N[C@H](c1nc(C)no1)CSC2. The molecule has 174 valence electrons. The molecule has 0 unspecified atom stereocenters. The van der Waals surface area contributed by atoms with Gasteiger partial charge in [0.2, 0.25) is 5.89 Å². The molecule has 0 radical (unpaired) electrons. The first-order valence-electron chi connectivity index (χ1n) is 10.2. The van der Waals surface area contributed by atoms with E-state index in [0.29, 0.717) is 57.9 Å². The van der Waals surface area contributed by atoms with Crippen molar-refractivity contribution in [2.45, 2.75) is 38.5 Å². The molecule has 3 N–H and O–H groups in total. The van der Waals surface area contributed by atoms with Gasteiger partial charge in [-0.1, -0.05) is 17.4 Å². The van der Waals surface area contributed by atoms with Crippen LogP contribution in [-0.2, 0) is 10.5 Å². The van der Waals surface area contributed by atoms with Crippen molar-refractivity contribution in [3.8, 4) is 11.5 Å². The van der Waals surface area contributed by atoms with Gasteiger partial charge >= 0.3 is 5.97 Å². The van der Waals surface area contributed by atoms with Gasteiger partial charge in [-0.15, -0.1) is 0 Å². The van der Waals surface area contributed by atoms with Crippen LogP contribution in [0.15, 0.2) is 10.6 Å². The van der Waals surface area contributed by atoms with Gasteiger partial charge in [-0.2, -0.15) is 16.7 Å². The van der Waals surface area contributed by atoms with Gasteiger partial charge in [-0.25, -0.2) is 4.79 Å². The zero-order valence-electron chi connectivity index (χ0n) is 18.2. The Balaban J connectivity index is 1.96. The van der Waals surface area contributed by atoms with Crippen molar-refractivity contribution >= 4 is 34.9 Å². The summed E-state index contributed by atoms with van der Waals surface area (Å²) in [4.78, 5) is 17.9. The molecule has 0 spiro atoms. The minimum Gasteiger partial charge on any atom is -0.507 e. The van der Waals surface area contributed by atoms with Crippen molar-refractivity contribution in [1.82, 2.24) is 15.5 Å². The lowest BCUT2D eigenvalue weighted by Gasteiger charge is -2.22. The highest BCUT2D eigenvalue weighted by Crippen LogP contribution is 2.36. The number of aromatic hydroxyl groups is 1. The molecule has 0 bridgehead atoms. The lowest BCUT2D eigenvalue weighted by molar-refractivity contribution is 0.0377. The van der Waals surface area contributed by atoms with Gasteiger partial charge in [-0.05, 0) is 26.7 Å². The molecule has 1 aliphatic heterocycles. The number of hydrogen-bond acceptors (Lipinski definition) is 10. The second-order valence-corrected chi connectivity index (χ2v) is 9.10. The van der Waals surface area contributed by atoms with Crippen LogP contribution < -0.4 is 10.1 Å². The third-order valence-electron chi connectivity index (χ3n) is 5.24. The first kappa shape index (κ1) is 24.3. The third-order valence-corrected chi connectivity index (χ3v) is 6.63. The average Bonchev–Trinajstić information content (AvgIpc) is 3.20. The Bertz CT molecular complexity index is 981. The van der Waals surface area contributed by atoms with Gasteiger partial charge in [0.05, 0.1) is 24.3 Å². The van der Waals surface area contributed by atoms with Crippen molar-refractivity contribution in [2.75, 3.05) is 26.1 Å². The smallest absolute Gasteiger partial charge is 0.338 e. The quantitative estimate of drug-likeness (QED) is 0.442. The van der Waals surface area contributed by atoms with Gasteiger partial charge in [0.15, 0.2) is 5.82 Å². The van der Waals surface area contributed by atoms with E-state index in [1.54, 1.807) is 13.8 Å². The molecular weight excluding hydrogens is 454 g/mol. The number of methoxy groups -OCH3 is 1. The number of thiocarbonyl (C=S) groups is 1. The van der Waals surface area contributed by atoms with Crippen LogP contribution in [0.5, 0.6) is 11.5 Å². The lowest BCUT2D eigenvalue weighted by atomic mass is 10.0. The standard InChI is InChI=1S/C21H27N3O6S2/c1-11-17(28-3)6-16(26)14-9-32-10-15(20-22-12(2)24-30-20)23-18(31)5-4-13(7-25)8-29-21(27)19(11)14/h6,13,15,25-26H,4-5,7-10H2,1-3H3,(H,23,31)/t13-,15-/m0/s1. The van der Waals surface area contributed by atoms with Crippen molar-refractivity contribution in [2.24, 2.45) is 5.92 Å². The molecule has 1 aliphatic rings. The number of phenolic OH excluding ortho intramolecular Hbond substituents is 1. The number of rotatable bonds is 3. The summed E-state index contributed by atoms with van der Waals surface area (Å²) in [6.07, 6.45) is 1.05. The molecule has 0 fully saturated rings. The predicted octanol–water partition coefficient (Wildman–Crippen LogP) is 2.85. The number of hydrogen-bond donors (Lipinski definition) is 3. The van der Waals surface area contributed by atoms with E-state index in [4.69, 9.17) is 26.2 Å². The van der Waals surface area contributed by atoms with Gasteiger partial charge in [-0.3, -0.25) is 0 Å². The fourth-order valence-corrected chi connectivity index (χ4v) is 4.77. The van der Waals surface area contributed by atoms with E-state index < -0.39 is 5.97 Å². The summed E-state index contributed by atoms with van der Waals surface area (Å²) in [5.41, 5.74) is 1.32. The number of aliphatic hydroxyl groups excluding tert-OH is 1. The largest absolute Gasteiger partial charge is 0.507 e. The Morgan fingerprint density at radius 1 is 1.41 bits per heavy atom. The van der Waals surface area contributed by atoms with Gasteiger partial charge in [0, 0.05) is 41.2 Å². The van der Waals surface area contributed by atoms with E-state index in [1.165, 1.54) is 24.9 Å². The Morgan fingerprint density at radius 3 is 2.84 bits per heavy atom. The van der Waals surface area contributed by atoms with E-state index >= 15 is 0 Å². The highest BCUT2D eigenvalue weighted by Gasteiger charge is 2.26. The number of esters is 1. The number of ether oxygens (including phenoxy) is 2. The summed E-state index contributed by atoms with van der Waals surface area (Å²) < 4.78 is 16.2. The maximum atomic E-state index is 13.0. The highest BCUT2D eigenvalue weighted by atomic mass is 32.2. The molecule has 2 aromatic rings. The van der Waals surface area contributed by atoms with Crippen LogP contribution in [0.3, 0.4) is 0 Å². The van der Waals surface area contributed by atoms with Crippen LogP contribution in [-0.4, -0.2) is 57.4 Å². The zero-order valence-corrected chi connectivity index (χ0v) is 19.8. The summed E-state index contributed by atoms with van der Waals surface area (Å²) in [6.45, 7) is 3.38. The summed E-state index contributed by atoms with van der Waals surface area (Å²) in [6, 6.07) is 1.16. The second kappa shape index (κ2) is 11.0. The van der Waals surface area contributed by atoms with Crippen molar-refractivity contribution in [1.29, 1.82) is 0 Å². The minimum atomic E-state index is -0.562. The fraction of sp³-hybridized carbons (Fsp3) is 0.524. The molecule has 0 saturated carbocycles. The van der Waals surface area contributed by atoms with E-state index in [1.807, 2.05) is 0 Å². The molecule has 11 heteroatoms. The number of aliphatic hydroxyl groups is 1. The number of aromatic nitrogens is 2. The molecular formula is C21H27N3O6S2. The van der Waals surface area contributed by atoms with Crippen LogP contribution in [0.2, 0.25) is 0 Å². The summed E-state index contributed by atoms with van der Waals surface area (Å²) in [5, 5.41) is 27.5. The van der Waals surface area contributed by atoms with Crippen LogP contribution >= 0.6 is 24.0 Å². The molecule has 1 aromatic carbocycles. The van der Waals surface area contributed by atoms with Crippen molar-refractivity contribution in [3.63, 3.8) is 0 Å². The van der Waals surface area contributed by atoms with Gasteiger partial charge in [0.1, 0.15) is 17.5 Å². The first-order chi connectivity index (χ1) is 15.3. The number of cyclic esters (lactones) is 1. The number of thioether (sulfide) groups is 1. The number of nitrogens with zero attached hydrogens (tertiary/aromatic N) is 2. The Morgan fingerprint density at radius 2 is 2.19 bits per heavy atom. The van der Waals surface area contributed by atoms with Crippen LogP contribution in [0.25, 0.3) is 0 Å². The molecule has 0 amide bonds. The third kappa shape index (κ3) is 5.70. The normalized spacial score (nSPS) is 20.6. The number of phenols is 1. The van der Waals surface area contributed by atoms with E-state index in [0.717, 1.165) is 0 Å². The Hall–Kier alpha value is -2.37. The molecule has 1 aromatic heterocycles. The topological polar surface area (TPSA) is 127 Å². The first-order valence-corrected chi connectivity index (χ1v) is 11.7. The summed E-state index contributed by atoms with van der Waals surface area (Å²) in [5.74, 6) is 1.28. The number of benzene rings is 1. The minimum absolute atomic E-state index is 0.0359. The second-order valence-electron chi connectivity index (χ2n) is 7.58. The maximum Gasteiger partial charge on any atom is 0.338 e.